The lowest BCUT2D eigenvalue weighted by atomic mass is 9.90. The van der Waals surface area contributed by atoms with Gasteiger partial charge in [0.2, 0.25) is 0 Å². The monoisotopic (exact) mass is 316 g/mol. The molecule has 0 radical (unpaired) electrons. The van der Waals surface area contributed by atoms with E-state index in [0.29, 0.717) is 12.5 Å². The Balaban J connectivity index is 1.68. The molecule has 0 saturated carbocycles. The van der Waals surface area contributed by atoms with Gasteiger partial charge in [0.1, 0.15) is 5.01 Å². The van der Waals surface area contributed by atoms with Crippen molar-refractivity contribution in [1.29, 1.82) is 0 Å². The summed E-state index contributed by atoms with van der Waals surface area (Å²) < 4.78 is 0. The summed E-state index contributed by atoms with van der Waals surface area (Å²) in [6.45, 7) is 4.44. The number of aromatic nitrogens is 1. The summed E-state index contributed by atoms with van der Waals surface area (Å²) in [5.41, 5.74) is 2.13. The summed E-state index contributed by atoms with van der Waals surface area (Å²) >= 11 is 1.65. The second-order valence-electron chi connectivity index (χ2n) is 6.06. The van der Waals surface area contributed by atoms with Gasteiger partial charge in [0.15, 0.2) is 0 Å². The molecule has 1 aliphatic heterocycles. The molecule has 1 N–H and O–H groups in total. The molecule has 2 atom stereocenters. The minimum atomic E-state index is -0.680. The Bertz CT molecular complexity index is 641. The van der Waals surface area contributed by atoms with Gasteiger partial charge in [-0.2, -0.15) is 0 Å². The Morgan fingerprint density at radius 3 is 2.86 bits per heavy atom. The van der Waals surface area contributed by atoms with E-state index in [1.165, 1.54) is 0 Å². The molecule has 0 spiro atoms. The normalized spacial score (nSPS) is 22.6. The maximum absolute atomic E-state index is 11.2. The fourth-order valence-electron chi connectivity index (χ4n) is 3.09. The van der Waals surface area contributed by atoms with Crippen molar-refractivity contribution in [2.45, 2.75) is 19.9 Å². The second kappa shape index (κ2) is 6.58. The summed E-state index contributed by atoms with van der Waals surface area (Å²) in [6, 6.07) is 10.1. The molecule has 116 valence electrons. The van der Waals surface area contributed by atoms with E-state index in [-0.39, 0.29) is 5.92 Å². The maximum Gasteiger partial charge on any atom is 0.307 e. The Labute approximate surface area is 134 Å². The average Bonchev–Trinajstić information content (AvgIpc) is 2.96. The zero-order chi connectivity index (χ0) is 15.5. The van der Waals surface area contributed by atoms with Crippen LogP contribution in [0.1, 0.15) is 18.4 Å². The number of nitrogens with zero attached hydrogens (tertiary/aromatic N) is 2. The predicted molar refractivity (Wildman–Crippen MR) is 87.7 cm³/mol. The number of aliphatic carboxylic acids is 1. The number of hydrogen-bond donors (Lipinski definition) is 1. The number of carboxylic acids is 1. The van der Waals surface area contributed by atoms with E-state index in [2.05, 4.69) is 29.3 Å². The zero-order valence-corrected chi connectivity index (χ0v) is 13.4. The van der Waals surface area contributed by atoms with Crippen molar-refractivity contribution in [3.63, 3.8) is 0 Å². The fraction of sp³-hybridized carbons (Fsp3) is 0.412. The van der Waals surface area contributed by atoms with Gasteiger partial charge in [-0.25, -0.2) is 4.98 Å². The third kappa shape index (κ3) is 3.54. The van der Waals surface area contributed by atoms with Gasteiger partial charge in [-0.3, -0.25) is 9.69 Å². The van der Waals surface area contributed by atoms with Gasteiger partial charge in [0.05, 0.1) is 18.2 Å². The first-order valence-corrected chi connectivity index (χ1v) is 8.45. The number of rotatable bonds is 4. The number of carboxylic acid groups (broad SMARTS) is 1. The molecule has 4 nitrogen and oxygen atoms in total. The van der Waals surface area contributed by atoms with Gasteiger partial charge < -0.3 is 5.11 Å². The van der Waals surface area contributed by atoms with Crippen molar-refractivity contribution >= 4 is 17.3 Å². The van der Waals surface area contributed by atoms with Crippen LogP contribution in [0.4, 0.5) is 0 Å². The lowest BCUT2D eigenvalue weighted by molar-refractivity contribution is -0.144. The first-order valence-electron chi connectivity index (χ1n) is 7.57. The van der Waals surface area contributed by atoms with Crippen LogP contribution >= 0.6 is 11.3 Å². The zero-order valence-electron chi connectivity index (χ0n) is 12.6. The number of hydrogen-bond acceptors (Lipinski definition) is 4. The van der Waals surface area contributed by atoms with Gasteiger partial charge in [0, 0.05) is 24.0 Å². The lowest BCUT2D eigenvalue weighted by Gasteiger charge is -2.34. The van der Waals surface area contributed by atoms with Crippen LogP contribution in [0.25, 0.3) is 11.3 Å². The lowest BCUT2D eigenvalue weighted by Crippen LogP contribution is -2.41. The van der Waals surface area contributed by atoms with Gasteiger partial charge in [-0.05, 0) is 12.3 Å². The Morgan fingerprint density at radius 1 is 1.36 bits per heavy atom. The standard InChI is InChI=1S/C17H20N2O2S/c1-12-7-14(17(20)21)9-19(8-12)10-16-18-15(11-22-16)13-5-3-2-4-6-13/h2-6,11-12,14H,7-10H2,1H3,(H,20,21). The summed E-state index contributed by atoms with van der Waals surface area (Å²) in [4.78, 5) is 18.2. The van der Waals surface area contributed by atoms with Crippen molar-refractivity contribution in [2.75, 3.05) is 13.1 Å². The van der Waals surface area contributed by atoms with Crippen molar-refractivity contribution in [2.24, 2.45) is 11.8 Å². The molecule has 2 aromatic rings. The van der Waals surface area contributed by atoms with Crippen LogP contribution in [0.5, 0.6) is 0 Å². The maximum atomic E-state index is 11.2. The molecule has 5 heteroatoms. The van der Waals surface area contributed by atoms with E-state index in [1.54, 1.807) is 11.3 Å². The number of thiazole rings is 1. The van der Waals surface area contributed by atoms with Crippen LogP contribution in [0, 0.1) is 11.8 Å². The van der Waals surface area contributed by atoms with Crippen LogP contribution in [0.3, 0.4) is 0 Å². The summed E-state index contributed by atoms with van der Waals surface area (Å²) in [5.74, 6) is -0.513. The molecular weight excluding hydrogens is 296 g/mol. The van der Waals surface area contributed by atoms with Crippen LogP contribution in [-0.4, -0.2) is 34.0 Å². The second-order valence-corrected chi connectivity index (χ2v) is 7.01. The van der Waals surface area contributed by atoms with Crippen LogP contribution in [-0.2, 0) is 11.3 Å². The molecular formula is C17H20N2O2S. The third-order valence-electron chi connectivity index (χ3n) is 4.06. The molecule has 1 fully saturated rings. The van der Waals surface area contributed by atoms with E-state index >= 15 is 0 Å². The Kier molecular flexibility index (Phi) is 4.55. The molecule has 3 rings (SSSR count). The highest BCUT2D eigenvalue weighted by molar-refractivity contribution is 7.09. The molecule has 1 aliphatic rings. The fourth-order valence-corrected chi connectivity index (χ4v) is 3.93. The quantitative estimate of drug-likeness (QED) is 0.940. The topological polar surface area (TPSA) is 53.4 Å². The molecule has 2 unspecified atom stereocenters. The number of likely N-dealkylation sites (tertiary alicyclic amines) is 1. The first-order chi connectivity index (χ1) is 10.6. The minimum absolute atomic E-state index is 0.252. The van der Waals surface area contributed by atoms with Crippen LogP contribution in [0.15, 0.2) is 35.7 Å². The largest absolute Gasteiger partial charge is 0.481 e. The highest BCUT2D eigenvalue weighted by Gasteiger charge is 2.29. The summed E-state index contributed by atoms with van der Waals surface area (Å²) in [5, 5.41) is 12.4. The van der Waals surface area contributed by atoms with Gasteiger partial charge >= 0.3 is 5.97 Å². The SMILES string of the molecule is CC1CC(C(=O)O)CN(Cc2nc(-c3ccccc3)cs2)C1. The number of carbonyl (C=O) groups is 1. The minimum Gasteiger partial charge on any atom is -0.481 e. The average molecular weight is 316 g/mol. The summed E-state index contributed by atoms with van der Waals surface area (Å²) in [6.07, 6.45) is 0.777. The van der Waals surface area contributed by atoms with E-state index < -0.39 is 5.97 Å². The third-order valence-corrected chi connectivity index (χ3v) is 4.90. The summed E-state index contributed by atoms with van der Waals surface area (Å²) in [7, 11) is 0. The van der Waals surface area contributed by atoms with Gasteiger partial charge in [-0.15, -0.1) is 11.3 Å². The molecule has 22 heavy (non-hydrogen) atoms. The predicted octanol–water partition coefficient (Wildman–Crippen LogP) is 3.35. The van der Waals surface area contributed by atoms with Crippen LogP contribution in [0.2, 0.25) is 0 Å². The highest BCUT2D eigenvalue weighted by atomic mass is 32.1. The first kappa shape index (κ1) is 15.2. The van der Waals surface area contributed by atoms with Gasteiger partial charge in [-0.1, -0.05) is 37.3 Å². The van der Waals surface area contributed by atoms with E-state index in [4.69, 9.17) is 4.98 Å². The molecule has 2 heterocycles. The Morgan fingerprint density at radius 2 is 2.14 bits per heavy atom. The van der Waals surface area contributed by atoms with E-state index in [1.807, 2.05) is 18.2 Å². The molecule has 1 aromatic carbocycles. The highest BCUT2D eigenvalue weighted by Crippen LogP contribution is 2.26. The Hall–Kier alpha value is -1.72. The molecule has 1 saturated heterocycles. The number of piperidine rings is 1. The van der Waals surface area contributed by atoms with Gasteiger partial charge in [0.25, 0.3) is 0 Å². The van der Waals surface area contributed by atoms with Crippen molar-refractivity contribution < 1.29 is 9.90 Å². The van der Waals surface area contributed by atoms with E-state index in [0.717, 1.165) is 35.8 Å². The van der Waals surface area contributed by atoms with Crippen LogP contribution < -0.4 is 0 Å². The van der Waals surface area contributed by atoms with Crippen molar-refractivity contribution in [3.8, 4) is 11.3 Å². The molecule has 0 amide bonds. The van der Waals surface area contributed by atoms with Crippen molar-refractivity contribution in [1.82, 2.24) is 9.88 Å². The van der Waals surface area contributed by atoms with E-state index in [9.17, 15) is 9.90 Å². The van der Waals surface area contributed by atoms with Crippen molar-refractivity contribution in [3.05, 3.63) is 40.7 Å². The molecule has 0 aliphatic carbocycles. The number of benzene rings is 1. The molecule has 1 aromatic heterocycles. The smallest absolute Gasteiger partial charge is 0.307 e. The molecule has 0 bridgehead atoms.